The van der Waals surface area contributed by atoms with Gasteiger partial charge in [-0.25, -0.2) is 0 Å². The smallest absolute Gasteiger partial charge is 0.323 e. The molecule has 0 radical (unpaired) electrons. The molecule has 2 aromatic carbocycles. The molecule has 276 valence electrons. The number of carbonyl (C=O) groups is 6. The van der Waals surface area contributed by atoms with Crippen LogP contribution in [0.4, 0.5) is 0 Å². The molecule has 3 unspecified atom stereocenters. The Bertz CT molecular complexity index is 1940. The lowest BCUT2D eigenvalue weighted by molar-refractivity contribution is -0.166. The molecular formula is C37H44N6O9. The van der Waals surface area contributed by atoms with E-state index in [0.29, 0.717) is 16.9 Å². The van der Waals surface area contributed by atoms with Crippen LogP contribution in [0, 0.1) is 34.5 Å². The Labute approximate surface area is 300 Å². The van der Waals surface area contributed by atoms with Gasteiger partial charge < -0.3 is 37.1 Å². The van der Waals surface area contributed by atoms with Gasteiger partial charge in [0, 0.05) is 17.6 Å². The van der Waals surface area contributed by atoms with Gasteiger partial charge in [0.2, 0.25) is 5.91 Å². The van der Waals surface area contributed by atoms with Crippen molar-refractivity contribution in [3.63, 3.8) is 0 Å². The number of esters is 1. The molecule has 0 heterocycles. The third-order valence-corrected chi connectivity index (χ3v) is 10.8. The number of benzene rings is 2. The van der Waals surface area contributed by atoms with Crippen molar-refractivity contribution in [1.29, 1.82) is 5.26 Å². The highest BCUT2D eigenvalue weighted by atomic mass is 16.5. The Morgan fingerprint density at radius 2 is 1.77 bits per heavy atom. The van der Waals surface area contributed by atoms with Crippen LogP contribution in [0.15, 0.2) is 30.3 Å². The molecule has 8 N–H and O–H groups in total. The molecule has 1 amide bonds. The van der Waals surface area contributed by atoms with E-state index in [1.807, 2.05) is 13.8 Å². The molecule has 15 nitrogen and oxygen atoms in total. The highest BCUT2D eigenvalue weighted by molar-refractivity contribution is 6.33. The fourth-order valence-corrected chi connectivity index (χ4v) is 8.59. The summed E-state index contributed by atoms with van der Waals surface area (Å²) in [4.78, 5) is 83.2. The highest BCUT2D eigenvalue weighted by Gasteiger charge is 2.78. The predicted molar refractivity (Wildman–Crippen MR) is 185 cm³/mol. The summed E-state index contributed by atoms with van der Waals surface area (Å²) in [6, 6.07) is 7.76. The number of ether oxygens (including phenoxy) is 2. The van der Waals surface area contributed by atoms with E-state index in [9.17, 15) is 39.1 Å². The fraction of sp³-hybridized carbons (Fsp3) is 0.486. The van der Waals surface area contributed by atoms with Crippen LogP contribution < -0.4 is 27.3 Å². The molecule has 0 spiro atoms. The van der Waals surface area contributed by atoms with E-state index >= 15 is 0 Å². The minimum Gasteiger partial charge on any atom is -0.507 e. The van der Waals surface area contributed by atoms with Crippen molar-refractivity contribution >= 4 is 35.0 Å². The maximum absolute atomic E-state index is 14.7. The number of nitrogens with two attached hydrogens (primary N) is 3. The summed E-state index contributed by atoms with van der Waals surface area (Å²) in [6.45, 7) is 5.99. The number of aromatic hydroxyl groups is 1. The van der Waals surface area contributed by atoms with Crippen LogP contribution in [-0.4, -0.2) is 96.0 Å². The number of hydrogen-bond donors (Lipinski definition) is 5. The summed E-state index contributed by atoms with van der Waals surface area (Å²) in [6.07, 6.45) is -0.790. The van der Waals surface area contributed by atoms with Crippen molar-refractivity contribution in [1.82, 2.24) is 10.2 Å². The van der Waals surface area contributed by atoms with Gasteiger partial charge in [0.05, 0.1) is 36.9 Å². The number of hydrogen-bond acceptors (Lipinski definition) is 14. The molecule has 0 bridgehead atoms. The van der Waals surface area contributed by atoms with Crippen molar-refractivity contribution in [2.75, 3.05) is 27.8 Å². The Balaban J connectivity index is 1.66. The highest BCUT2D eigenvalue weighted by Crippen LogP contribution is 2.57. The zero-order valence-electron chi connectivity index (χ0n) is 29.9. The molecule has 0 aromatic heterocycles. The number of phenolic OH excluding ortho intramolecular Hbond substituents is 1. The number of rotatable bonds is 10. The van der Waals surface area contributed by atoms with Crippen molar-refractivity contribution < 1.29 is 43.3 Å². The van der Waals surface area contributed by atoms with E-state index in [1.54, 1.807) is 37.3 Å². The summed E-state index contributed by atoms with van der Waals surface area (Å²) in [7, 11) is 4.34. The number of ketones is 4. The molecule has 15 heteroatoms. The van der Waals surface area contributed by atoms with Crippen molar-refractivity contribution in [3.05, 3.63) is 47.0 Å². The lowest BCUT2D eigenvalue weighted by Crippen LogP contribution is -2.85. The van der Waals surface area contributed by atoms with Crippen molar-refractivity contribution in [3.8, 4) is 28.7 Å². The first-order valence-corrected chi connectivity index (χ1v) is 16.9. The number of likely N-dealkylation sites (N-methyl/N-ethyl adjacent to an activating group) is 1. The van der Waals surface area contributed by atoms with Gasteiger partial charge in [-0.1, -0.05) is 26.0 Å². The second kappa shape index (κ2) is 13.5. The second-order valence-corrected chi connectivity index (χ2v) is 14.5. The summed E-state index contributed by atoms with van der Waals surface area (Å²) in [5.41, 5.74) is 14.1. The van der Waals surface area contributed by atoms with Gasteiger partial charge in [0.15, 0.2) is 34.5 Å². The molecule has 3 aliphatic carbocycles. The lowest BCUT2D eigenvalue weighted by atomic mass is 9.42. The molecule has 5 rings (SSSR count). The Hall–Kier alpha value is -5.01. The molecule has 2 saturated carbocycles. The van der Waals surface area contributed by atoms with Crippen molar-refractivity contribution in [2.45, 2.75) is 63.3 Å². The van der Waals surface area contributed by atoms with E-state index in [-0.39, 0.29) is 42.6 Å². The minimum atomic E-state index is -2.84. The Morgan fingerprint density at radius 1 is 1.10 bits per heavy atom. The van der Waals surface area contributed by atoms with Crippen LogP contribution in [0.1, 0.15) is 48.7 Å². The molecule has 52 heavy (non-hydrogen) atoms. The number of primary amides is 1. The molecular weight excluding hydrogens is 672 g/mol. The summed E-state index contributed by atoms with van der Waals surface area (Å²) in [5.74, 6) is -10.5. The van der Waals surface area contributed by atoms with E-state index < -0.39 is 81.6 Å². The zero-order valence-corrected chi connectivity index (χ0v) is 29.9. The number of carbonyl (C=O) groups excluding carboxylic acids is 6. The van der Waals surface area contributed by atoms with Crippen LogP contribution in [0.25, 0.3) is 11.1 Å². The van der Waals surface area contributed by atoms with Gasteiger partial charge >= 0.3 is 5.97 Å². The van der Waals surface area contributed by atoms with Crippen LogP contribution in [-0.2, 0) is 41.7 Å². The van der Waals surface area contributed by atoms with Gasteiger partial charge in [-0.3, -0.25) is 33.7 Å². The molecule has 0 aliphatic heterocycles. The first-order chi connectivity index (χ1) is 24.4. The topological polar surface area (TPSA) is 258 Å². The lowest BCUT2D eigenvalue weighted by Gasteiger charge is -2.60. The second-order valence-electron chi connectivity index (χ2n) is 14.5. The summed E-state index contributed by atoms with van der Waals surface area (Å²) in [5, 5.41) is 25.0. The third-order valence-electron chi connectivity index (χ3n) is 10.8. The maximum atomic E-state index is 14.7. The van der Waals surface area contributed by atoms with E-state index in [1.165, 1.54) is 32.2 Å². The normalized spacial score (nSPS) is 28.8. The summed E-state index contributed by atoms with van der Waals surface area (Å²) < 4.78 is 10.9. The molecule has 2 fully saturated rings. The summed E-state index contributed by atoms with van der Waals surface area (Å²) >= 11 is 0. The number of nitrogens with zero attached hydrogens (tertiary/aromatic N) is 2. The van der Waals surface area contributed by atoms with E-state index in [0.717, 1.165) is 5.56 Å². The number of nitriles is 1. The van der Waals surface area contributed by atoms with Gasteiger partial charge in [0.1, 0.15) is 23.5 Å². The number of Topliss-reactive ketones (excluding diaryl/α,β-unsaturated/α-hetero) is 4. The van der Waals surface area contributed by atoms with Gasteiger partial charge in [-0.15, -0.1) is 0 Å². The van der Waals surface area contributed by atoms with Crippen LogP contribution in [0.3, 0.4) is 0 Å². The fourth-order valence-electron chi connectivity index (χ4n) is 8.59. The average Bonchev–Trinajstić information content (AvgIpc) is 3.04. The first kappa shape index (κ1) is 38.2. The number of methoxy groups -OCH3 is 1. The van der Waals surface area contributed by atoms with Crippen molar-refractivity contribution in [2.24, 2.45) is 40.4 Å². The first-order valence-electron chi connectivity index (χ1n) is 16.9. The molecule has 2 aromatic rings. The zero-order chi connectivity index (χ0) is 38.7. The standard InChI is InChI=1S/C37H44N6O9/c1-7-52-34(50)27(17(2)3)42-14-18-8-11-23(51-6)20(12-18)19-9-10-22(44)24-21(19)13-35(40)15-37(41)30(43(4)5)29(46)25(33(39)49)31(47)36(37,16-38)32(48)26(35)28(24)45/h8-12,17,25-27,30,42,44H,7,13-15,40-41H2,1-6H3,(H2,39,49)/t25?,26?,27?,30-,35-,36+,37-/m1/s1. The SMILES string of the molecule is CCOC(=O)C(NCc1ccc(OC)c(-c2ccc(O)c3c2C[C@@]2(N)C[C@@]4(N)[C@H](N(C)C)C(=O)C(C(N)=O)C(=O)[C@@]4(C#N)C(=O)C2C3=O)c1)C(C)C. The van der Waals surface area contributed by atoms with Crippen LogP contribution in [0.5, 0.6) is 11.5 Å². The number of nitrogens with one attached hydrogen (secondary N) is 1. The van der Waals surface area contributed by atoms with Gasteiger partial charge in [-0.2, -0.15) is 5.26 Å². The van der Waals surface area contributed by atoms with Gasteiger partial charge in [-0.05, 0) is 74.7 Å². The minimum absolute atomic E-state index is 0.0760. The van der Waals surface area contributed by atoms with Crippen LogP contribution in [0.2, 0.25) is 0 Å². The number of fused-ring (bicyclic) bond motifs is 3. The van der Waals surface area contributed by atoms with E-state index in [2.05, 4.69) is 5.32 Å². The Morgan fingerprint density at radius 3 is 2.33 bits per heavy atom. The molecule has 0 saturated heterocycles. The number of amides is 1. The van der Waals surface area contributed by atoms with E-state index in [4.69, 9.17) is 26.7 Å². The predicted octanol–water partition coefficient (Wildman–Crippen LogP) is 0.161. The largest absolute Gasteiger partial charge is 0.507 e. The average molecular weight is 717 g/mol. The number of phenols is 1. The quantitative estimate of drug-likeness (QED) is 0.162. The third kappa shape index (κ3) is 5.48. The molecule has 7 atom stereocenters. The maximum Gasteiger partial charge on any atom is 0.323 e. The molecule has 3 aliphatic rings. The van der Waals surface area contributed by atoms with Crippen LogP contribution >= 0.6 is 0 Å². The Kier molecular flexibility index (Phi) is 9.94. The van der Waals surface area contributed by atoms with Gasteiger partial charge in [0.25, 0.3) is 0 Å². The monoisotopic (exact) mass is 716 g/mol.